The molecule has 4 nitrogen and oxygen atoms in total. The van der Waals surface area contributed by atoms with Crippen LogP contribution >= 0.6 is 0 Å². The van der Waals surface area contributed by atoms with E-state index in [4.69, 9.17) is 14.6 Å². The first kappa shape index (κ1) is 14.7. The largest absolute Gasteiger partial charge is 0.496 e. The summed E-state index contributed by atoms with van der Waals surface area (Å²) >= 11 is 0. The quantitative estimate of drug-likeness (QED) is 0.826. The third-order valence-electron chi connectivity index (χ3n) is 2.86. The van der Waals surface area contributed by atoms with Gasteiger partial charge in [-0.2, -0.15) is 0 Å². The van der Waals surface area contributed by atoms with E-state index in [-0.39, 0.29) is 0 Å². The van der Waals surface area contributed by atoms with Gasteiger partial charge in [0, 0.05) is 17.7 Å². The van der Waals surface area contributed by atoms with Crippen LogP contribution in [-0.2, 0) is 11.4 Å². The van der Waals surface area contributed by atoms with Crippen molar-refractivity contribution < 1.29 is 19.4 Å². The number of hydrogen-bond donors (Lipinski definition) is 1. The van der Waals surface area contributed by atoms with Crippen molar-refractivity contribution >= 4 is 12.0 Å². The van der Waals surface area contributed by atoms with E-state index in [2.05, 4.69) is 0 Å². The molecule has 0 aromatic heterocycles. The van der Waals surface area contributed by atoms with Crippen molar-refractivity contribution in [3.8, 4) is 11.5 Å². The van der Waals surface area contributed by atoms with Gasteiger partial charge in [-0.25, -0.2) is 4.79 Å². The molecule has 0 atom stereocenters. The summed E-state index contributed by atoms with van der Waals surface area (Å²) in [6.07, 6.45) is 2.56. The van der Waals surface area contributed by atoms with E-state index in [9.17, 15) is 4.79 Å². The molecule has 0 bridgehead atoms. The summed E-state index contributed by atoms with van der Waals surface area (Å²) < 4.78 is 10.9. The van der Waals surface area contributed by atoms with E-state index in [1.807, 2.05) is 30.3 Å². The summed E-state index contributed by atoms with van der Waals surface area (Å²) in [4.78, 5) is 10.5. The Morgan fingerprint density at radius 1 is 1.19 bits per heavy atom. The zero-order chi connectivity index (χ0) is 15.1. The Kier molecular flexibility index (Phi) is 4.99. The molecule has 0 saturated heterocycles. The number of carboxylic acids is 1. The predicted molar refractivity (Wildman–Crippen MR) is 80.4 cm³/mol. The molecule has 0 amide bonds. The molecule has 0 aliphatic heterocycles. The van der Waals surface area contributed by atoms with E-state index in [1.165, 1.54) is 13.2 Å². The van der Waals surface area contributed by atoms with Crippen molar-refractivity contribution in [2.75, 3.05) is 7.11 Å². The summed E-state index contributed by atoms with van der Waals surface area (Å²) in [7, 11) is 1.54. The van der Waals surface area contributed by atoms with Crippen molar-refractivity contribution in [1.82, 2.24) is 0 Å². The fraction of sp³-hybridized carbons (Fsp3) is 0.118. The molecule has 0 aliphatic rings. The lowest BCUT2D eigenvalue weighted by atomic mass is 10.1. The van der Waals surface area contributed by atoms with E-state index in [1.54, 1.807) is 18.2 Å². The summed E-state index contributed by atoms with van der Waals surface area (Å²) in [5, 5.41) is 8.65. The van der Waals surface area contributed by atoms with Gasteiger partial charge in [0.1, 0.15) is 18.1 Å². The minimum Gasteiger partial charge on any atom is -0.496 e. The second kappa shape index (κ2) is 7.14. The summed E-state index contributed by atoms with van der Waals surface area (Å²) in [5.41, 5.74) is 1.76. The van der Waals surface area contributed by atoms with Crippen molar-refractivity contribution in [2.45, 2.75) is 6.61 Å². The Labute approximate surface area is 123 Å². The topological polar surface area (TPSA) is 55.8 Å². The van der Waals surface area contributed by atoms with Crippen molar-refractivity contribution in [2.24, 2.45) is 0 Å². The highest BCUT2D eigenvalue weighted by atomic mass is 16.5. The Hall–Kier alpha value is -2.75. The van der Waals surface area contributed by atoms with Gasteiger partial charge in [-0.15, -0.1) is 0 Å². The van der Waals surface area contributed by atoms with E-state index >= 15 is 0 Å². The molecule has 0 unspecified atom stereocenters. The van der Waals surface area contributed by atoms with Gasteiger partial charge >= 0.3 is 5.97 Å². The summed E-state index contributed by atoms with van der Waals surface area (Å²) in [6, 6.07) is 15.1. The number of rotatable bonds is 6. The van der Waals surface area contributed by atoms with Crippen LogP contribution in [0.15, 0.2) is 54.6 Å². The van der Waals surface area contributed by atoms with Gasteiger partial charge in [0.05, 0.1) is 7.11 Å². The molecule has 1 N–H and O–H groups in total. The molecule has 21 heavy (non-hydrogen) atoms. The molecule has 0 radical (unpaired) electrons. The highest BCUT2D eigenvalue weighted by Crippen LogP contribution is 2.26. The van der Waals surface area contributed by atoms with Crippen LogP contribution in [0.4, 0.5) is 0 Å². The van der Waals surface area contributed by atoms with Gasteiger partial charge < -0.3 is 14.6 Å². The Balaban J connectivity index is 2.10. The minimum absolute atomic E-state index is 0.467. The van der Waals surface area contributed by atoms with E-state index < -0.39 is 5.97 Å². The average molecular weight is 284 g/mol. The molecule has 0 heterocycles. The SMILES string of the molecule is COc1cc(OCc2ccccc2)ccc1/C=C/C(=O)O. The van der Waals surface area contributed by atoms with Crippen LogP contribution in [0.1, 0.15) is 11.1 Å². The maximum atomic E-state index is 10.5. The van der Waals surface area contributed by atoms with Gasteiger partial charge in [-0.1, -0.05) is 30.3 Å². The van der Waals surface area contributed by atoms with Crippen LogP contribution in [0.3, 0.4) is 0 Å². The molecule has 0 fully saturated rings. The van der Waals surface area contributed by atoms with E-state index in [0.717, 1.165) is 11.6 Å². The maximum absolute atomic E-state index is 10.5. The normalized spacial score (nSPS) is 10.5. The molecular weight excluding hydrogens is 268 g/mol. The lowest BCUT2D eigenvalue weighted by Gasteiger charge is -2.10. The number of hydrogen-bond acceptors (Lipinski definition) is 3. The van der Waals surface area contributed by atoms with Crippen LogP contribution < -0.4 is 9.47 Å². The Morgan fingerprint density at radius 3 is 2.62 bits per heavy atom. The lowest BCUT2D eigenvalue weighted by Crippen LogP contribution is -1.96. The smallest absolute Gasteiger partial charge is 0.328 e. The molecule has 2 aromatic carbocycles. The first-order valence-electron chi connectivity index (χ1n) is 6.45. The number of methoxy groups -OCH3 is 1. The Bertz CT molecular complexity index is 632. The third-order valence-corrected chi connectivity index (χ3v) is 2.86. The molecule has 108 valence electrons. The zero-order valence-corrected chi connectivity index (χ0v) is 11.7. The second-order valence-corrected chi connectivity index (χ2v) is 4.35. The number of carbonyl (C=O) groups is 1. The molecule has 4 heteroatoms. The van der Waals surface area contributed by atoms with Crippen LogP contribution in [0, 0.1) is 0 Å². The third kappa shape index (κ3) is 4.38. The number of aliphatic carboxylic acids is 1. The highest BCUT2D eigenvalue weighted by molar-refractivity contribution is 5.86. The van der Waals surface area contributed by atoms with Gasteiger partial charge in [0.2, 0.25) is 0 Å². The summed E-state index contributed by atoms with van der Waals surface area (Å²) in [6.45, 7) is 0.467. The number of ether oxygens (including phenoxy) is 2. The predicted octanol–water partition coefficient (Wildman–Crippen LogP) is 3.37. The second-order valence-electron chi connectivity index (χ2n) is 4.35. The first-order chi connectivity index (χ1) is 10.2. The Morgan fingerprint density at radius 2 is 1.95 bits per heavy atom. The van der Waals surface area contributed by atoms with Gasteiger partial charge in [0.15, 0.2) is 0 Å². The van der Waals surface area contributed by atoms with Crippen LogP contribution in [0.25, 0.3) is 6.08 Å². The van der Waals surface area contributed by atoms with Crippen LogP contribution in [0.2, 0.25) is 0 Å². The van der Waals surface area contributed by atoms with E-state index in [0.29, 0.717) is 23.7 Å². The van der Waals surface area contributed by atoms with Crippen LogP contribution in [-0.4, -0.2) is 18.2 Å². The zero-order valence-electron chi connectivity index (χ0n) is 11.7. The molecule has 0 spiro atoms. The first-order valence-corrected chi connectivity index (χ1v) is 6.45. The number of carboxylic acid groups (broad SMARTS) is 1. The van der Waals surface area contributed by atoms with Crippen molar-refractivity contribution in [3.63, 3.8) is 0 Å². The monoisotopic (exact) mass is 284 g/mol. The average Bonchev–Trinajstić information content (AvgIpc) is 2.52. The molecule has 2 aromatic rings. The summed E-state index contributed by atoms with van der Waals surface area (Å²) in [5.74, 6) is 0.239. The molecule has 0 saturated carbocycles. The fourth-order valence-electron chi connectivity index (χ4n) is 1.82. The van der Waals surface area contributed by atoms with Gasteiger partial charge in [0.25, 0.3) is 0 Å². The minimum atomic E-state index is -0.999. The van der Waals surface area contributed by atoms with Crippen molar-refractivity contribution in [3.05, 3.63) is 65.7 Å². The highest BCUT2D eigenvalue weighted by Gasteiger charge is 2.04. The lowest BCUT2D eigenvalue weighted by molar-refractivity contribution is -0.131. The van der Waals surface area contributed by atoms with Gasteiger partial charge in [-0.3, -0.25) is 0 Å². The molecular formula is C17H16O4. The standard InChI is InChI=1S/C17H16O4/c1-20-16-11-15(9-7-14(16)8-10-17(18)19)21-12-13-5-3-2-4-6-13/h2-11H,12H2,1H3,(H,18,19)/b10-8+. The number of benzene rings is 2. The van der Waals surface area contributed by atoms with Crippen LogP contribution in [0.5, 0.6) is 11.5 Å². The van der Waals surface area contributed by atoms with Gasteiger partial charge in [-0.05, 0) is 23.8 Å². The molecule has 0 aliphatic carbocycles. The maximum Gasteiger partial charge on any atom is 0.328 e. The molecule has 2 rings (SSSR count). The fourth-order valence-corrected chi connectivity index (χ4v) is 1.82. The van der Waals surface area contributed by atoms with Crippen molar-refractivity contribution in [1.29, 1.82) is 0 Å².